The number of aryl methyl sites for hydroxylation is 1. The molecule has 198 valence electrons. The minimum atomic E-state index is -4.75. The van der Waals surface area contributed by atoms with Crippen LogP contribution in [0.4, 0.5) is 18.9 Å². The fraction of sp³-hybridized carbons (Fsp3) is 0.115. The molecule has 1 aliphatic rings. The molecule has 5 rings (SSSR count). The first-order chi connectivity index (χ1) is 18.7. The zero-order valence-corrected chi connectivity index (χ0v) is 21.7. The van der Waals surface area contributed by atoms with Gasteiger partial charge in [-0.15, -0.1) is 23.4 Å². The van der Waals surface area contributed by atoms with Gasteiger partial charge in [0.1, 0.15) is 12.1 Å². The summed E-state index contributed by atoms with van der Waals surface area (Å²) in [7, 11) is 0. The summed E-state index contributed by atoms with van der Waals surface area (Å²) in [6.07, 6.45) is -1.72. The summed E-state index contributed by atoms with van der Waals surface area (Å²) >= 11 is 7.64. The maximum atomic E-state index is 12.5. The number of carbonyl (C=O) groups is 1. The Labute approximate surface area is 229 Å². The number of rotatable bonds is 6. The first kappa shape index (κ1) is 26.4. The van der Waals surface area contributed by atoms with Gasteiger partial charge in [-0.2, -0.15) is 5.10 Å². The van der Waals surface area contributed by atoms with Gasteiger partial charge in [-0.05, 0) is 48.4 Å². The lowest BCUT2D eigenvalue weighted by molar-refractivity contribution is -0.274. The highest BCUT2D eigenvalue weighted by Crippen LogP contribution is 2.35. The molecule has 1 aliphatic heterocycles. The van der Waals surface area contributed by atoms with Gasteiger partial charge in [0.2, 0.25) is 5.91 Å². The van der Waals surface area contributed by atoms with E-state index in [9.17, 15) is 18.0 Å². The van der Waals surface area contributed by atoms with Crippen LogP contribution >= 0.6 is 23.4 Å². The minimum absolute atomic E-state index is 0.118. The number of carbonyl (C=O) groups excluding carboxylic acids is 1. The van der Waals surface area contributed by atoms with Crippen molar-refractivity contribution in [2.24, 2.45) is 10.2 Å². The van der Waals surface area contributed by atoms with Crippen LogP contribution in [0.5, 0.6) is 5.75 Å². The van der Waals surface area contributed by atoms with Crippen LogP contribution in [-0.4, -0.2) is 44.2 Å². The third-order valence-corrected chi connectivity index (χ3v) is 6.74. The molecule has 8 nitrogen and oxygen atoms in total. The number of para-hydroxylation sites is 1. The van der Waals surface area contributed by atoms with E-state index < -0.39 is 6.36 Å². The van der Waals surface area contributed by atoms with E-state index in [4.69, 9.17) is 11.6 Å². The largest absolute Gasteiger partial charge is 0.573 e. The first-order valence-corrected chi connectivity index (χ1v) is 12.7. The number of hydrogen-bond donors (Lipinski definition) is 0. The Kier molecular flexibility index (Phi) is 7.40. The molecule has 13 heteroatoms. The molecule has 0 bridgehead atoms. The summed E-state index contributed by atoms with van der Waals surface area (Å²) in [5.41, 5.74) is 3.47. The van der Waals surface area contributed by atoms with Crippen molar-refractivity contribution in [2.45, 2.75) is 13.3 Å². The molecule has 0 atom stereocenters. The molecule has 3 aromatic carbocycles. The van der Waals surface area contributed by atoms with Gasteiger partial charge in [0.05, 0.1) is 28.4 Å². The second kappa shape index (κ2) is 10.9. The summed E-state index contributed by atoms with van der Waals surface area (Å²) in [6, 6.07) is 18.0. The van der Waals surface area contributed by atoms with Gasteiger partial charge >= 0.3 is 6.36 Å². The molecule has 0 saturated carbocycles. The van der Waals surface area contributed by atoms with Crippen molar-refractivity contribution in [1.29, 1.82) is 0 Å². The summed E-state index contributed by atoms with van der Waals surface area (Å²) in [5.74, 6) is 0.241. The highest BCUT2D eigenvalue weighted by Gasteiger charge is 2.32. The molecule has 2 heterocycles. The highest BCUT2D eigenvalue weighted by atomic mass is 35.5. The number of nitrogens with zero attached hydrogens (tertiary/aromatic N) is 6. The molecule has 1 amide bonds. The van der Waals surface area contributed by atoms with E-state index in [1.165, 1.54) is 51.9 Å². The summed E-state index contributed by atoms with van der Waals surface area (Å²) in [6.45, 7) is 1.88. The quantitative estimate of drug-likeness (QED) is 0.202. The van der Waals surface area contributed by atoms with Crippen LogP contribution in [0.15, 0.2) is 83.3 Å². The van der Waals surface area contributed by atoms with Crippen molar-refractivity contribution >= 4 is 46.3 Å². The van der Waals surface area contributed by atoms with E-state index in [-0.39, 0.29) is 17.4 Å². The molecule has 1 aromatic heterocycles. The van der Waals surface area contributed by atoms with Crippen LogP contribution in [-0.2, 0) is 4.79 Å². The SMILES string of the molecule is Cc1cccc(Cl)c1N1C(=O)CSC1=NN=Cc1ccc(-c2ncn(-c3ccc(OC(F)(F)F)cc3)n2)cc1. The van der Waals surface area contributed by atoms with Gasteiger partial charge in [0, 0.05) is 5.56 Å². The smallest absolute Gasteiger partial charge is 0.406 e. The van der Waals surface area contributed by atoms with E-state index in [2.05, 4.69) is 25.0 Å². The van der Waals surface area contributed by atoms with Crippen molar-refractivity contribution in [3.05, 3.63) is 89.2 Å². The van der Waals surface area contributed by atoms with E-state index in [0.717, 1.165) is 16.7 Å². The molecule has 0 unspecified atom stereocenters. The zero-order valence-electron chi connectivity index (χ0n) is 20.1. The molecular weight excluding hydrogens is 553 g/mol. The maximum absolute atomic E-state index is 12.5. The second-order valence-electron chi connectivity index (χ2n) is 8.23. The van der Waals surface area contributed by atoms with Gasteiger partial charge in [-0.3, -0.25) is 9.69 Å². The number of halogens is 4. The van der Waals surface area contributed by atoms with Crippen LogP contribution in [0.25, 0.3) is 17.1 Å². The molecule has 0 N–H and O–H groups in total. The topological polar surface area (TPSA) is 85.0 Å². The van der Waals surface area contributed by atoms with E-state index in [0.29, 0.717) is 27.4 Å². The molecule has 1 saturated heterocycles. The maximum Gasteiger partial charge on any atom is 0.573 e. The summed E-state index contributed by atoms with van der Waals surface area (Å²) < 4.78 is 42.4. The van der Waals surface area contributed by atoms with Gasteiger partial charge < -0.3 is 4.74 Å². The first-order valence-electron chi connectivity index (χ1n) is 11.4. The molecule has 1 fully saturated rings. The lowest BCUT2D eigenvalue weighted by Crippen LogP contribution is -2.30. The fourth-order valence-corrected chi connectivity index (χ4v) is 4.86. The Hall–Kier alpha value is -4.16. The molecule has 4 aromatic rings. The summed E-state index contributed by atoms with van der Waals surface area (Å²) in [4.78, 5) is 18.3. The predicted octanol–water partition coefficient (Wildman–Crippen LogP) is 6.26. The molecule has 39 heavy (non-hydrogen) atoms. The average molecular weight is 571 g/mol. The molecule has 0 radical (unpaired) electrons. The van der Waals surface area contributed by atoms with Gasteiger partial charge in [0.25, 0.3) is 0 Å². The van der Waals surface area contributed by atoms with Crippen molar-refractivity contribution < 1.29 is 22.7 Å². The highest BCUT2D eigenvalue weighted by molar-refractivity contribution is 8.15. The lowest BCUT2D eigenvalue weighted by Gasteiger charge is -2.19. The fourth-order valence-electron chi connectivity index (χ4n) is 3.75. The number of alkyl halides is 3. The molecule has 0 spiro atoms. The second-order valence-corrected chi connectivity index (χ2v) is 9.58. The number of amidine groups is 1. The van der Waals surface area contributed by atoms with Crippen molar-refractivity contribution in [3.63, 3.8) is 0 Å². The Balaban J connectivity index is 1.27. The third-order valence-electron chi connectivity index (χ3n) is 5.52. The number of thioether (sulfide) groups is 1. The number of hydrogen-bond acceptors (Lipinski definition) is 7. The van der Waals surface area contributed by atoms with E-state index in [1.54, 1.807) is 12.3 Å². The summed E-state index contributed by atoms with van der Waals surface area (Å²) in [5, 5.41) is 13.7. The monoisotopic (exact) mass is 570 g/mol. The van der Waals surface area contributed by atoms with Gasteiger partial charge in [-0.1, -0.05) is 59.8 Å². The Bertz CT molecular complexity index is 1550. The van der Waals surface area contributed by atoms with Crippen LogP contribution in [0, 0.1) is 6.92 Å². The third kappa shape index (κ3) is 6.13. The van der Waals surface area contributed by atoms with Crippen LogP contribution in [0.2, 0.25) is 5.02 Å². The number of anilines is 1. The Morgan fingerprint density at radius 1 is 1.08 bits per heavy atom. The number of ether oxygens (including phenoxy) is 1. The van der Waals surface area contributed by atoms with Crippen LogP contribution < -0.4 is 9.64 Å². The number of benzene rings is 3. The van der Waals surface area contributed by atoms with Gasteiger partial charge in [-0.25, -0.2) is 9.67 Å². The van der Waals surface area contributed by atoms with Crippen molar-refractivity contribution in [2.75, 3.05) is 10.7 Å². The normalized spacial score (nSPS) is 15.1. The average Bonchev–Trinajstić information content (AvgIpc) is 3.52. The number of aromatic nitrogens is 3. The van der Waals surface area contributed by atoms with Crippen molar-refractivity contribution in [1.82, 2.24) is 14.8 Å². The van der Waals surface area contributed by atoms with Crippen LogP contribution in [0.1, 0.15) is 11.1 Å². The number of amides is 1. The van der Waals surface area contributed by atoms with Gasteiger partial charge in [0.15, 0.2) is 11.0 Å². The lowest BCUT2D eigenvalue weighted by atomic mass is 10.1. The van der Waals surface area contributed by atoms with E-state index in [1.807, 2.05) is 43.3 Å². The van der Waals surface area contributed by atoms with Crippen molar-refractivity contribution in [3.8, 4) is 22.8 Å². The minimum Gasteiger partial charge on any atom is -0.406 e. The zero-order chi connectivity index (χ0) is 27.6. The Morgan fingerprint density at radius 3 is 2.51 bits per heavy atom. The van der Waals surface area contributed by atoms with Crippen LogP contribution in [0.3, 0.4) is 0 Å². The molecule has 0 aliphatic carbocycles. The predicted molar refractivity (Wildman–Crippen MR) is 145 cm³/mol. The Morgan fingerprint density at radius 2 is 1.82 bits per heavy atom. The standard InChI is InChI=1S/C26H18ClF3N6O2S/c1-16-3-2-4-21(27)23(16)36-22(37)14-39-25(36)33-32-13-17-5-7-18(8-6-17)24-31-15-35(34-24)19-9-11-20(12-10-19)38-26(28,29)30/h2-13,15H,14H2,1H3. The molecular formula is C26H18ClF3N6O2S. The van der Waals surface area contributed by atoms with E-state index >= 15 is 0 Å².